The minimum atomic E-state index is -0.125. The van der Waals surface area contributed by atoms with Crippen LogP contribution in [0.5, 0.6) is 0 Å². The summed E-state index contributed by atoms with van der Waals surface area (Å²) in [7, 11) is 0. The van der Waals surface area contributed by atoms with Gasteiger partial charge < -0.3 is 12.5 Å². The van der Waals surface area contributed by atoms with Gasteiger partial charge in [-0.1, -0.05) is 0 Å². The number of carbonyl (C=O) groups is 1. The molecule has 0 aliphatic rings. The van der Waals surface area contributed by atoms with Gasteiger partial charge in [-0.25, -0.2) is 0 Å². The molecule has 0 amide bonds. The van der Waals surface area contributed by atoms with Crippen LogP contribution in [0.2, 0.25) is 0 Å². The Hall–Kier alpha value is -0.284. The van der Waals surface area contributed by atoms with Crippen molar-refractivity contribution in [3.05, 3.63) is 19.3 Å². The van der Waals surface area contributed by atoms with Gasteiger partial charge >= 0.3 is 0 Å². The molecule has 0 rings (SSSR count). The van der Waals surface area contributed by atoms with E-state index >= 15 is 0 Å². The van der Waals surface area contributed by atoms with Crippen molar-refractivity contribution in [1.29, 1.82) is 0 Å². The summed E-state index contributed by atoms with van der Waals surface area (Å²) >= 11 is 0. The fourth-order valence-corrected chi connectivity index (χ4v) is 0.294. The van der Waals surface area contributed by atoms with Gasteiger partial charge in [0.05, 0.1) is 5.76 Å². The Morgan fingerprint density at radius 1 is 1.44 bits per heavy atom. The van der Waals surface area contributed by atoms with Crippen LogP contribution in [0.3, 0.4) is 0 Å². The maximum atomic E-state index is 10.0. The van der Waals surface area contributed by atoms with E-state index in [-0.39, 0.29) is 35.7 Å². The molecular formula is C6H11CoO2-. The summed E-state index contributed by atoms with van der Waals surface area (Å²) in [6.07, 6.45) is 1.17. The Bertz CT molecular complexity index is 104. The summed E-state index contributed by atoms with van der Waals surface area (Å²) in [6, 6.07) is 0. The normalized spacial score (nSPS) is 8.89. The SMILES string of the molecule is CC(=O)/C=C(/C)O.[CH3-].[Co]. The van der Waals surface area contributed by atoms with Crippen molar-refractivity contribution in [3.63, 3.8) is 0 Å². The summed E-state index contributed by atoms with van der Waals surface area (Å²) in [5, 5.41) is 8.36. The number of aliphatic hydroxyl groups is 1. The van der Waals surface area contributed by atoms with Crippen LogP contribution >= 0.6 is 0 Å². The maximum Gasteiger partial charge on any atom is 0.155 e. The molecule has 2 nitrogen and oxygen atoms in total. The number of allylic oxidation sites excluding steroid dienone is 2. The van der Waals surface area contributed by atoms with Crippen molar-refractivity contribution in [1.82, 2.24) is 0 Å². The molecule has 0 aromatic rings. The van der Waals surface area contributed by atoms with Gasteiger partial charge in [0, 0.05) is 22.9 Å². The third kappa shape index (κ3) is 18.3. The molecule has 0 fully saturated rings. The van der Waals surface area contributed by atoms with Crippen molar-refractivity contribution in [2.45, 2.75) is 13.8 Å². The number of hydrogen-bond donors (Lipinski definition) is 1. The predicted molar refractivity (Wildman–Crippen MR) is 33.5 cm³/mol. The van der Waals surface area contributed by atoms with E-state index in [9.17, 15) is 4.79 Å². The average Bonchev–Trinajstić information content (AvgIpc) is 1.27. The monoisotopic (exact) mass is 174 g/mol. The molecule has 0 aliphatic heterocycles. The number of rotatable bonds is 1. The van der Waals surface area contributed by atoms with Crippen molar-refractivity contribution in [2.75, 3.05) is 0 Å². The Morgan fingerprint density at radius 3 is 1.78 bits per heavy atom. The van der Waals surface area contributed by atoms with Gasteiger partial charge in [0.15, 0.2) is 5.78 Å². The van der Waals surface area contributed by atoms with Crippen molar-refractivity contribution in [3.8, 4) is 0 Å². The summed E-state index contributed by atoms with van der Waals surface area (Å²) in [6.45, 7) is 2.85. The molecule has 57 valence electrons. The number of carbonyl (C=O) groups excluding carboxylic acids is 1. The first-order valence-corrected chi connectivity index (χ1v) is 2.01. The van der Waals surface area contributed by atoms with E-state index < -0.39 is 0 Å². The maximum absolute atomic E-state index is 10.0. The van der Waals surface area contributed by atoms with Crippen LogP contribution in [-0.4, -0.2) is 10.9 Å². The summed E-state index contributed by atoms with van der Waals surface area (Å²) in [5.74, 6) is -0.0625. The molecule has 0 unspecified atom stereocenters. The third-order valence-electron chi connectivity index (χ3n) is 0.412. The van der Waals surface area contributed by atoms with Gasteiger partial charge in [-0.2, -0.15) is 0 Å². The van der Waals surface area contributed by atoms with E-state index in [0.717, 1.165) is 0 Å². The molecular weight excluding hydrogens is 163 g/mol. The van der Waals surface area contributed by atoms with Crippen LogP contribution in [0.15, 0.2) is 11.8 Å². The van der Waals surface area contributed by atoms with E-state index in [1.54, 1.807) is 0 Å². The van der Waals surface area contributed by atoms with Crippen LogP contribution in [-0.2, 0) is 21.6 Å². The molecule has 0 aliphatic carbocycles. The van der Waals surface area contributed by atoms with Crippen molar-refractivity contribution >= 4 is 5.78 Å². The zero-order valence-electron chi connectivity index (χ0n) is 5.77. The minimum absolute atomic E-state index is 0. The van der Waals surface area contributed by atoms with Crippen LogP contribution in [0.4, 0.5) is 0 Å². The van der Waals surface area contributed by atoms with E-state index in [0.29, 0.717) is 0 Å². The Labute approximate surface area is 66.2 Å². The largest absolute Gasteiger partial charge is 0.512 e. The van der Waals surface area contributed by atoms with Crippen molar-refractivity contribution in [2.24, 2.45) is 0 Å². The standard InChI is InChI=1S/C5H8O2.CH3.Co/c1-4(6)3-5(2)7;;/h3,6H,1-2H3;1H3;/q;-1;/b4-3-;;. The summed E-state index contributed by atoms with van der Waals surface area (Å²) < 4.78 is 0. The molecule has 0 saturated heterocycles. The van der Waals surface area contributed by atoms with E-state index in [2.05, 4.69) is 0 Å². The summed E-state index contributed by atoms with van der Waals surface area (Å²) in [4.78, 5) is 10.0. The first-order valence-electron chi connectivity index (χ1n) is 2.01. The van der Waals surface area contributed by atoms with Gasteiger partial charge in [0.1, 0.15) is 0 Å². The van der Waals surface area contributed by atoms with Gasteiger partial charge in [-0.05, 0) is 13.8 Å². The second-order valence-electron chi connectivity index (χ2n) is 1.40. The van der Waals surface area contributed by atoms with Crippen molar-refractivity contribution < 1.29 is 26.7 Å². The minimum Gasteiger partial charge on any atom is -0.512 e. The van der Waals surface area contributed by atoms with E-state index in [1.807, 2.05) is 0 Å². The molecule has 3 heteroatoms. The molecule has 0 heterocycles. The number of hydrogen-bond acceptors (Lipinski definition) is 2. The first-order chi connectivity index (χ1) is 3.13. The smallest absolute Gasteiger partial charge is 0.155 e. The van der Waals surface area contributed by atoms with Crippen LogP contribution in [0.25, 0.3) is 0 Å². The first kappa shape index (κ1) is 15.9. The van der Waals surface area contributed by atoms with Gasteiger partial charge in [-0.15, -0.1) is 0 Å². The second-order valence-corrected chi connectivity index (χ2v) is 1.40. The zero-order chi connectivity index (χ0) is 5.86. The fourth-order valence-electron chi connectivity index (χ4n) is 0.294. The van der Waals surface area contributed by atoms with Crippen LogP contribution < -0.4 is 0 Å². The second kappa shape index (κ2) is 7.72. The molecule has 1 radical (unpaired) electrons. The molecule has 9 heavy (non-hydrogen) atoms. The molecule has 0 bridgehead atoms. The Morgan fingerprint density at radius 2 is 1.78 bits per heavy atom. The van der Waals surface area contributed by atoms with Crippen LogP contribution in [0, 0.1) is 7.43 Å². The zero-order valence-corrected chi connectivity index (χ0v) is 6.81. The van der Waals surface area contributed by atoms with Gasteiger partial charge in [-0.3, -0.25) is 4.79 Å². The molecule has 0 atom stereocenters. The number of ketones is 1. The molecule has 0 spiro atoms. The molecule has 0 saturated carbocycles. The van der Waals surface area contributed by atoms with E-state index in [4.69, 9.17) is 5.11 Å². The molecule has 0 aromatic heterocycles. The molecule has 1 N–H and O–H groups in total. The average molecular weight is 174 g/mol. The van der Waals surface area contributed by atoms with Gasteiger partial charge in [0.2, 0.25) is 0 Å². The summed E-state index contributed by atoms with van der Waals surface area (Å²) in [5.41, 5.74) is 0. The van der Waals surface area contributed by atoms with Gasteiger partial charge in [0.25, 0.3) is 0 Å². The number of aliphatic hydroxyl groups excluding tert-OH is 1. The van der Waals surface area contributed by atoms with E-state index in [1.165, 1.54) is 19.9 Å². The quantitative estimate of drug-likeness (QED) is 0.371. The predicted octanol–water partition coefficient (Wildman–Crippen LogP) is 1.48. The fraction of sp³-hybridized carbons (Fsp3) is 0.333. The third-order valence-corrected chi connectivity index (χ3v) is 0.412. The topological polar surface area (TPSA) is 37.3 Å². The van der Waals surface area contributed by atoms with Crippen LogP contribution in [0.1, 0.15) is 13.8 Å². The molecule has 0 aromatic carbocycles. The Balaban J connectivity index is -0.000000180. The Kier molecular flexibility index (Phi) is 13.6.